The average molecular weight is 936 g/mol. The number of aliphatic hydroxyl groups is 2. The summed E-state index contributed by atoms with van der Waals surface area (Å²) in [4.78, 5) is 0. The first-order valence-corrected chi connectivity index (χ1v) is 26.7. The Labute approximate surface area is 413 Å². The third kappa shape index (κ3) is 16.8. The maximum atomic E-state index is 10.7. The number of aliphatic hydroxyl groups excluding tert-OH is 2. The fourth-order valence-corrected chi connectivity index (χ4v) is 10.5. The van der Waals surface area contributed by atoms with Crippen molar-refractivity contribution in [2.75, 3.05) is 13.2 Å². The summed E-state index contributed by atoms with van der Waals surface area (Å²) in [5.74, 6) is 2.78. The van der Waals surface area contributed by atoms with E-state index in [0.717, 1.165) is 80.2 Å². The van der Waals surface area contributed by atoms with Crippen LogP contribution in [0, 0.1) is 11.8 Å². The van der Waals surface area contributed by atoms with E-state index in [9.17, 15) is 25.5 Å². The summed E-state index contributed by atoms with van der Waals surface area (Å²) in [5, 5.41) is 50.2. The van der Waals surface area contributed by atoms with Crippen molar-refractivity contribution >= 4 is 0 Å². The molecular weight excluding hydrogens is 843 g/mol. The Balaban J connectivity index is 0.000000223. The molecule has 3 aliphatic rings. The number of nitrogens with two attached hydrogens (primary N) is 1. The first kappa shape index (κ1) is 56.5. The minimum Gasteiger partial charge on any atom is -0.507 e. The molecule has 0 saturated carbocycles. The van der Waals surface area contributed by atoms with E-state index in [0.29, 0.717) is 23.7 Å². The summed E-state index contributed by atoms with van der Waals surface area (Å²) >= 11 is 0. The lowest BCUT2D eigenvalue weighted by molar-refractivity contribution is 0.0107. The maximum absolute atomic E-state index is 10.7. The van der Waals surface area contributed by atoms with E-state index < -0.39 is 5.54 Å². The number of ether oxygens (including phenoxy) is 1. The predicted molar refractivity (Wildman–Crippen MR) is 285 cm³/mol. The van der Waals surface area contributed by atoms with Crippen LogP contribution in [0.4, 0.5) is 0 Å². The van der Waals surface area contributed by atoms with Crippen LogP contribution in [0.25, 0.3) is 0 Å². The van der Waals surface area contributed by atoms with Gasteiger partial charge < -0.3 is 36.0 Å². The number of phenols is 3. The topological polar surface area (TPSA) is 136 Å². The fourth-order valence-electron chi connectivity index (χ4n) is 10.5. The first-order chi connectivity index (χ1) is 32.5. The van der Waals surface area contributed by atoms with Gasteiger partial charge in [0.25, 0.3) is 0 Å². The highest BCUT2D eigenvalue weighted by Crippen LogP contribution is 2.53. The van der Waals surface area contributed by atoms with Gasteiger partial charge in [-0.15, -0.1) is 0 Å². The van der Waals surface area contributed by atoms with Gasteiger partial charge in [0.15, 0.2) is 0 Å². The van der Waals surface area contributed by atoms with Gasteiger partial charge in [-0.2, -0.15) is 0 Å². The van der Waals surface area contributed by atoms with Crippen molar-refractivity contribution in [2.24, 2.45) is 17.6 Å². The van der Waals surface area contributed by atoms with E-state index >= 15 is 0 Å². The highest BCUT2D eigenvalue weighted by atomic mass is 16.5. The Morgan fingerprint density at radius 1 is 0.632 bits per heavy atom. The Kier molecular flexibility index (Phi) is 23.3. The molecule has 0 spiro atoms. The Bertz CT molecular complexity index is 2040. The number of allylic oxidation sites excluding steroid dienone is 5. The second kappa shape index (κ2) is 28.0. The minimum absolute atomic E-state index is 0.0194. The van der Waals surface area contributed by atoms with E-state index in [1.807, 2.05) is 25.1 Å². The molecule has 1 aliphatic heterocycles. The lowest BCUT2D eigenvalue weighted by atomic mass is 9.68. The standard InChI is InChI=1S/2C21H30O2.C19H33NO2/c1-5-6-7-8-15-12-18(22)20-16-11-14(2)9-10-17(16)21(3,4)23-19(20)13-15;1-5-6-7-8-16-12-19(22)21(20(23)13-16)18-11-15(4)9-10-17(18)14(2)3;1-2-3-4-5-6-7-8-17-9-11-18(12-10-17)13-14-19(20,15-21)16-22/h11-13,16-17,22H,5-10H2,1-4H3;11-13,17-18,22-23H,2,5-10H2,1,3-4H3;9-12,21-22H,2-8,13-16,20H2,1H3/t16-,17-;17-,18+;/m10./s1. The quantitative estimate of drug-likeness (QED) is 0.0436. The van der Waals surface area contributed by atoms with Crippen LogP contribution >= 0.6 is 0 Å². The lowest BCUT2D eigenvalue weighted by Crippen LogP contribution is -2.47. The van der Waals surface area contributed by atoms with Crippen LogP contribution in [0.1, 0.15) is 210 Å². The average Bonchev–Trinajstić information content (AvgIpc) is 3.29. The number of benzene rings is 3. The number of hydrogen-bond acceptors (Lipinski definition) is 7. The van der Waals surface area contributed by atoms with Crippen LogP contribution in [0.3, 0.4) is 0 Å². The van der Waals surface area contributed by atoms with Crippen LogP contribution in [0.2, 0.25) is 0 Å². The zero-order valence-electron chi connectivity index (χ0n) is 43.8. The second-order valence-electron chi connectivity index (χ2n) is 21.4. The van der Waals surface area contributed by atoms with E-state index in [-0.39, 0.29) is 48.1 Å². The van der Waals surface area contributed by atoms with Crippen molar-refractivity contribution in [1.29, 1.82) is 0 Å². The van der Waals surface area contributed by atoms with Gasteiger partial charge >= 0.3 is 0 Å². The van der Waals surface area contributed by atoms with Gasteiger partial charge in [-0.3, -0.25) is 0 Å². The summed E-state index contributed by atoms with van der Waals surface area (Å²) in [6.45, 7) is 21.1. The van der Waals surface area contributed by atoms with Crippen LogP contribution in [0.5, 0.6) is 23.0 Å². The molecule has 0 unspecified atom stereocenters. The summed E-state index contributed by atoms with van der Waals surface area (Å²) in [6, 6.07) is 16.5. The molecule has 0 amide bonds. The number of hydrogen-bond donors (Lipinski definition) is 6. The number of aromatic hydroxyl groups is 3. The Hall–Kier alpha value is -4.04. The van der Waals surface area contributed by atoms with Gasteiger partial charge in [0.1, 0.15) is 28.6 Å². The van der Waals surface area contributed by atoms with Gasteiger partial charge in [-0.05, 0) is 164 Å². The molecule has 68 heavy (non-hydrogen) atoms. The third-order valence-electron chi connectivity index (χ3n) is 15.0. The van der Waals surface area contributed by atoms with E-state index in [4.69, 9.17) is 10.5 Å². The lowest BCUT2D eigenvalue weighted by Gasteiger charge is -2.46. The molecule has 3 aromatic rings. The SMILES string of the molecule is C=C(C)[C@@H]1CCC(C)=C[C@H]1c1c(O)cc(CCCCC)cc1O.CCCCCCCCc1ccc(CCC(N)(CO)CO)cc1.CCCCCc1cc(O)c2c(c1)OC(C)(C)[C@@H]1CCC(C)=C[C@@H]21. The first-order valence-electron chi connectivity index (χ1n) is 26.7. The summed E-state index contributed by atoms with van der Waals surface area (Å²) < 4.78 is 6.36. The van der Waals surface area contributed by atoms with E-state index in [1.165, 1.54) is 98.5 Å². The summed E-state index contributed by atoms with van der Waals surface area (Å²) in [7, 11) is 0. The van der Waals surface area contributed by atoms with Gasteiger partial charge in [0.05, 0.1) is 18.8 Å². The zero-order valence-corrected chi connectivity index (χ0v) is 43.8. The van der Waals surface area contributed by atoms with Crippen LogP contribution in [-0.2, 0) is 25.7 Å². The molecule has 2 aliphatic carbocycles. The fraction of sp³-hybridized carbons (Fsp3) is 0.607. The minimum atomic E-state index is -0.864. The van der Waals surface area contributed by atoms with Gasteiger partial charge in [-0.1, -0.05) is 138 Å². The molecule has 7 heteroatoms. The number of aryl methyl sites for hydroxylation is 4. The maximum Gasteiger partial charge on any atom is 0.127 e. The molecule has 0 bridgehead atoms. The van der Waals surface area contributed by atoms with Crippen LogP contribution in [0.15, 0.2) is 84.0 Å². The van der Waals surface area contributed by atoms with Crippen molar-refractivity contribution in [2.45, 2.75) is 213 Å². The number of rotatable bonds is 22. The van der Waals surface area contributed by atoms with Crippen molar-refractivity contribution in [3.05, 3.63) is 117 Å². The molecule has 1 heterocycles. The zero-order chi connectivity index (χ0) is 49.9. The number of fused-ring (bicyclic) bond motifs is 3. The largest absolute Gasteiger partial charge is 0.507 e. The number of phenolic OH excluding ortho intramolecular Hbond substituents is 3. The molecule has 378 valence electrons. The Morgan fingerprint density at radius 3 is 1.62 bits per heavy atom. The van der Waals surface area contributed by atoms with Gasteiger partial charge in [0, 0.05) is 28.9 Å². The molecular formula is C61H93NO6. The molecule has 7 nitrogen and oxygen atoms in total. The van der Waals surface area contributed by atoms with E-state index in [2.05, 4.69) is 97.5 Å². The molecule has 0 aromatic heterocycles. The molecule has 0 fully saturated rings. The Morgan fingerprint density at radius 2 is 1.07 bits per heavy atom. The molecule has 4 atom stereocenters. The second-order valence-corrected chi connectivity index (χ2v) is 21.4. The van der Waals surface area contributed by atoms with Crippen LogP contribution in [-0.4, -0.2) is 49.9 Å². The summed E-state index contributed by atoms with van der Waals surface area (Å²) in [5.41, 5.74) is 15.2. The van der Waals surface area contributed by atoms with Crippen molar-refractivity contribution in [3.63, 3.8) is 0 Å². The van der Waals surface area contributed by atoms with Gasteiger partial charge in [0.2, 0.25) is 0 Å². The summed E-state index contributed by atoms with van der Waals surface area (Å²) in [6.07, 6.45) is 28.4. The van der Waals surface area contributed by atoms with E-state index in [1.54, 1.807) is 0 Å². The van der Waals surface area contributed by atoms with Gasteiger partial charge in [-0.25, -0.2) is 0 Å². The smallest absolute Gasteiger partial charge is 0.127 e. The van der Waals surface area contributed by atoms with Crippen molar-refractivity contribution in [1.82, 2.24) is 0 Å². The molecule has 0 saturated heterocycles. The molecule has 0 radical (unpaired) electrons. The monoisotopic (exact) mass is 936 g/mol. The highest BCUT2D eigenvalue weighted by Gasteiger charge is 2.45. The van der Waals surface area contributed by atoms with Crippen LogP contribution < -0.4 is 10.5 Å². The highest BCUT2D eigenvalue weighted by molar-refractivity contribution is 5.54. The number of unbranched alkanes of at least 4 members (excludes halogenated alkanes) is 9. The third-order valence-corrected chi connectivity index (χ3v) is 15.0. The molecule has 6 rings (SSSR count). The van der Waals surface area contributed by atoms with Crippen molar-refractivity contribution < 1.29 is 30.3 Å². The normalized spacial score (nSPS) is 19.5. The molecule has 3 aromatic carbocycles. The molecule has 7 N–H and O–H groups in total. The predicted octanol–water partition coefficient (Wildman–Crippen LogP) is 14.8. The van der Waals surface area contributed by atoms with Crippen molar-refractivity contribution in [3.8, 4) is 23.0 Å².